The third kappa shape index (κ3) is 2.14. The van der Waals surface area contributed by atoms with E-state index in [2.05, 4.69) is 9.97 Å². The summed E-state index contributed by atoms with van der Waals surface area (Å²) in [6.45, 7) is 3.51. The zero-order valence-corrected chi connectivity index (χ0v) is 9.27. The molecule has 0 aromatic carbocycles. The molecule has 16 heavy (non-hydrogen) atoms. The number of rotatable bonds is 2. The molecule has 0 amide bonds. The zero-order valence-electron chi connectivity index (χ0n) is 9.27. The molecule has 0 unspecified atom stereocenters. The number of hydrogen-bond acceptors (Lipinski definition) is 3. The molecule has 0 bridgehead atoms. The van der Waals surface area contributed by atoms with Gasteiger partial charge in [0.2, 0.25) is 0 Å². The zero-order chi connectivity index (χ0) is 11.5. The lowest BCUT2D eigenvalue weighted by molar-refractivity contribution is 0.101. The van der Waals surface area contributed by atoms with Gasteiger partial charge in [-0.15, -0.1) is 0 Å². The van der Waals surface area contributed by atoms with Crippen molar-refractivity contribution in [2.45, 2.75) is 13.8 Å². The lowest BCUT2D eigenvalue weighted by Crippen LogP contribution is -1.98. The fourth-order valence-electron chi connectivity index (χ4n) is 1.45. The standard InChI is InChI=1S/C13H12N2O/c1-9-6-7-14-13(8-9)12-5-3-4-11(15-12)10(2)16/h3-8H,1-2H3. The molecule has 0 saturated heterocycles. The predicted molar refractivity (Wildman–Crippen MR) is 62.2 cm³/mol. The largest absolute Gasteiger partial charge is 0.293 e. The molecule has 2 rings (SSSR count). The summed E-state index contributed by atoms with van der Waals surface area (Å²) < 4.78 is 0. The van der Waals surface area contributed by atoms with E-state index in [0.29, 0.717) is 5.69 Å². The fourth-order valence-corrected chi connectivity index (χ4v) is 1.45. The van der Waals surface area contributed by atoms with Gasteiger partial charge in [-0.1, -0.05) is 6.07 Å². The van der Waals surface area contributed by atoms with Crippen LogP contribution in [0.15, 0.2) is 36.5 Å². The summed E-state index contributed by atoms with van der Waals surface area (Å²) in [5, 5.41) is 0. The summed E-state index contributed by atoms with van der Waals surface area (Å²) >= 11 is 0. The molecule has 0 N–H and O–H groups in total. The molecule has 0 radical (unpaired) electrons. The molecule has 2 aromatic rings. The highest BCUT2D eigenvalue weighted by atomic mass is 16.1. The lowest BCUT2D eigenvalue weighted by Gasteiger charge is -2.02. The van der Waals surface area contributed by atoms with Crippen LogP contribution in [-0.4, -0.2) is 15.8 Å². The van der Waals surface area contributed by atoms with E-state index in [0.717, 1.165) is 17.0 Å². The second-order valence-corrected chi connectivity index (χ2v) is 3.68. The highest BCUT2D eigenvalue weighted by Crippen LogP contribution is 2.15. The van der Waals surface area contributed by atoms with Gasteiger partial charge in [0.1, 0.15) is 5.69 Å². The van der Waals surface area contributed by atoms with Crippen molar-refractivity contribution in [3.63, 3.8) is 0 Å². The van der Waals surface area contributed by atoms with Crippen molar-refractivity contribution in [3.8, 4) is 11.4 Å². The molecule has 3 heteroatoms. The van der Waals surface area contributed by atoms with Gasteiger partial charge < -0.3 is 0 Å². The molecule has 0 spiro atoms. The van der Waals surface area contributed by atoms with Crippen molar-refractivity contribution in [2.75, 3.05) is 0 Å². The van der Waals surface area contributed by atoms with Crippen molar-refractivity contribution in [1.29, 1.82) is 0 Å². The quantitative estimate of drug-likeness (QED) is 0.719. The number of carbonyl (C=O) groups is 1. The summed E-state index contributed by atoms with van der Waals surface area (Å²) in [6.07, 6.45) is 1.74. The Morgan fingerprint density at radius 2 is 2.00 bits per heavy atom. The number of carbonyl (C=O) groups excluding carboxylic acids is 1. The average molecular weight is 212 g/mol. The molecule has 2 aromatic heterocycles. The van der Waals surface area contributed by atoms with E-state index in [1.165, 1.54) is 6.92 Å². The Balaban J connectivity index is 2.48. The number of aromatic nitrogens is 2. The third-order valence-electron chi connectivity index (χ3n) is 2.29. The molecule has 0 atom stereocenters. The van der Waals surface area contributed by atoms with Crippen molar-refractivity contribution in [2.24, 2.45) is 0 Å². The molecule has 0 saturated carbocycles. The van der Waals surface area contributed by atoms with Gasteiger partial charge in [-0.3, -0.25) is 9.78 Å². The third-order valence-corrected chi connectivity index (χ3v) is 2.29. The molecule has 80 valence electrons. The topological polar surface area (TPSA) is 42.9 Å². The minimum Gasteiger partial charge on any atom is -0.293 e. The monoisotopic (exact) mass is 212 g/mol. The van der Waals surface area contributed by atoms with Crippen LogP contribution in [0.3, 0.4) is 0 Å². The smallest absolute Gasteiger partial charge is 0.178 e. The molecule has 0 aliphatic carbocycles. The molecule has 0 fully saturated rings. The second-order valence-electron chi connectivity index (χ2n) is 3.68. The number of nitrogens with zero attached hydrogens (tertiary/aromatic N) is 2. The number of aryl methyl sites for hydroxylation is 1. The van der Waals surface area contributed by atoms with E-state index in [-0.39, 0.29) is 5.78 Å². The summed E-state index contributed by atoms with van der Waals surface area (Å²) in [4.78, 5) is 19.7. The van der Waals surface area contributed by atoms with Gasteiger partial charge in [-0.05, 0) is 36.8 Å². The van der Waals surface area contributed by atoms with E-state index in [4.69, 9.17) is 0 Å². The molecular formula is C13H12N2O. The van der Waals surface area contributed by atoms with Crippen LogP contribution in [0.1, 0.15) is 23.0 Å². The highest BCUT2D eigenvalue weighted by molar-refractivity contribution is 5.92. The average Bonchev–Trinajstić information content (AvgIpc) is 2.29. The van der Waals surface area contributed by atoms with Gasteiger partial charge in [0.15, 0.2) is 5.78 Å². The van der Waals surface area contributed by atoms with E-state index >= 15 is 0 Å². The SMILES string of the molecule is CC(=O)c1cccc(-c2cc(C)ccn2)n1. The summed E-state index contributed by atoms with van der Waals surface area (Å²) in [5.41, 5.74) is 3.13. The van der Waals surface area contributed by atoms with Gasteiger partial charge in [0.25, 0.3) is 0 Å². The first-order valence-corrected chi connectivity index (χ1v) is 5.08. The molecule has 0 aliphatic heterocycles. The van der Waals surface area contributed by atoms with Gasteiger partial charge in [0, 0.05) is 13.1 Å². The van der Waals surface area contributed by atoms with Crippen LogP contribution < -0.4 is 0 Å². The summed E-state index contributed by atoms with van der Waals surface area (Å²) in [5.74, 6) is -0.0329. The summed E-state index contributed by atoms with van der Waals surface area (Å²) in [7, 11) is 0. The Morgan fingerprint density at radius 3 is 2.69 bits per heavy atom. The first kappa shape index (κ1) is 10.5. The highest BCUT2D eigenvalue weighted by Gasteiger charge is 2.05. The normalized spacial score (nSPS) is 10.1. The van der Waals surface area contributed by atoms with E-state index in [9.17, 15) is 4.79 Å². The van der Waals surface area contributed by atoms with Crippen LogP contribution in [0.4, 0.5) is 0 Å². The Bertz CT molecular complexity index is 535. The number of hydrogen-bond donors (Lipinski definition) is 0. The van der Waals surface area contributed by atoms with Crippen molar-refractivity contribution in [3.05, 3.63) is 47.8 Å². The predicted octanol–water partition coefficient (Wildman–Crippen LogP) is 2.65. The van der Waals surface area contributed by atoms with Gasteiger partial charge in [-0.25, -0.2) is 4.98 Å². The Kier molecular flexibility index (Phi) is 2.77. The first-order valence-electron chi connectivity index (χ1n) is 5.08. The van der Waals surface area contributed by atoms with Crippen LogP contribution in [0.5, 0.6) is 0 Å². The van der Waals surface area contributed by atoms with Crippen LogP contribution in [0, 0.1) is 6.92 Å². The molecular weight excluding hydrogens is 200 g/mol. The van der Waals surface area contributed by atoms with Crippen LogP contribution in [0.25, 0.3) is 11.4 Å². The van der Waals surface area contributed by atoms with Crippen LogP contribution >= 0.6 is 0 Å². The second kappa shape index (κ2) is 4.23. The van der Waals surface area contributed by atoms with Crippen LogP contribution in [-0.2, 0) is 0 Å². The number of pyridine rings is 2. The molecule has 2 heterocycles. The van der Waals surface area contributed by atoms with Crippen molar-refractivity contribution >= 4 is 5.78 Å². The van der Waals surface area contributed by atoms with E-state index < -0.39 is 0 Å². The van der Waals surface area contributed by atoms with Crippen LogP contribution in [0.2, 0.25) is 0 Å². The number of ketones is 1. The molecule has 0 aliphatic rings. The van der Waals surface area contributed by atoms with Gasteiger partial charge in [0.05, 0.1) is 11.4 Å². The minimum absolute atomic E-state index is 0.0329. The summed E-state index contributed by atoms with van der Waals surface area (Å²) in [6, 6.07) is 9.27. The maximum atomic E-state index is 11.2. The van der Waals surface area contributed by atoms with Gasteiger partial charge in [-0.2, -0.15) is 0 Å². The van der Waals surface area contributed by atoms with E-state index in [1.54, 1.807) is 12.3 Å². The number of Topliss-reactive ketones (excluding diaryl/α,β-unsaturated/α-hetero) is 1. The van der Waals surface area contributed by atoms with Gasteiger partial charge >= 0.3 is 0 Å². The molecule has 3 nitrogen and oxygen atoms in total. The van der Waals surface area contributed by atoms with Crippen molar-refractivity contribution in [1.82, 2.24) is 9.97 Å². The minimum atomic E-state index is -0.0329. The van der Waals surface area contributed by atoms with Crippen molar-refractivity contribution < 1.29 is 4.79 Å². The maximum Gasteiger partial charge on any atom is 0.178 e. The fraction of sp³-hybridized carbons (Fsp3) is 0.154. The lowest BCUT2D eigenvalue weighted by atomic mass is 10.2. The van der Waals surface area contributed by atoms with E-state index in [1.807, 2.05) is 31.2 Å². The Labute approximate surface area is 94.2 Å². The Hall–Kier alpha value is -2.03. The Morgan fingerprint density at radius 1 is 1.19 bits per heavy atom. The first-order chi connectivity index (χ1) is 7.66. The maximum absolute atomic E-state index is 11.2.